The second kappa shape index (κ2) is 6.85. The molecule has 0 radical (unpaired) electrons. The molecule has 15 heavy (non-hydrogen) atoms. The van der Waals surface area contributed by atoms with Crippen LogP contribution in [0.2, 0.25) is 0 Å². The molecule has 0 amide bonds. The summed E-state index contributed by atoms with van der Waals surface area (Å²) >= 11 is 0. The normalized spacial score (nSPS) is 19.5. The molecule has 1 rings (SSSR count). The van der Waals surface area contributed by atoms with E-state index in [2.05, 4.69) is 25.2 Å². The van der Waals surface area contributed by atoms with Crippen molar-refractivity contribution in [2.75, 3.05) is 20.3 Å². The maximum atomic E-state index is 5.60. The Morgan fingerprint density at radius 3 is 2.93 bits per heavy atom. The lowest BCUT2D eigenvalue weighted by atomic mass is 10.1. The lowest BCUT2D eigenvalue weighted by Crippen LogP contribution is -2.35. The monoisotopic (exact) mass is 213 g/mol. The molecule has 0 aromatic carbocycles. The van der Waals surface area contributed by atoms with Gasteiger partial charge in [-0.1, -0.05) is 6.92 Å². The molecule has 1 aliphatic rings. The third-order valence-electron chi connectivity index (χ3n) is 2.69. The highest BCUT2D eigenvalue weighted by Gasteiger charge is 2.20. The topological polar surface area (TPSA) is 30.5 Å². The van der Waals surface area contributed by atoms with Crippen LogP contribution < -0.4 is 5.32 Å². The molecule has 0 bridgehead atoms. The standard InChI is InChI=1S/C12H23NO2/c1-4-7-13-11(9-10(2)14-3)12-6-5-8-15-12/h6,10-11,13H,4-5,7-9H2,1-3H3. The highest BCUT2D eigenvalue weighted by Crippen LogP contribution is 2.17. The van der Waals surface area contributed by atoms with Crippen molar-refractivity contribution in [1.29, 1.82) is 0 Å². The first-order chi connectivity index (χ1) is 7.27. The van der Waals surface area contributed by atoms with E-state index in [1.165, 1.54) is 0 Å². The van der Waals surface area contributed by atoms with Crippen molar-refractivity contribution in [2.45, 2.75) is 45.3 Å². The van der Waals surface area contributed by atoms with E-state index in [1.807, 2.05) is 0 Å². The predicted molar refractivity (Wildman–Crippen MR) is 61.8 cm³/mol. The van der Waals surface area contributed by atoms with Crippen molar-refractivity contribution in [1.82, 2.24) is 5.32 Å². The lowest BCUT2D eigenvalue weighted by molar-refractivity contribution is 0.0947. The first-order valence-corrected chi connectivity index (χ1v) is 5.87. The Hall–Kier alpha value is -0.540. The summed E-state index contributed by atoms with van der Waals surface area (Å²) in [5.74, 6) is 1.10. The predicted octanol–water partition coefficient (Wildman–Crippen LogP) is 2.08. The molecule has 2 atom stereocenters. The zero-order chi connectivity index (χ0) is 11.1. The van der Waals surface area contributed by atoms with Gasteiger partial charge in [0.1, 0.15) is 5.76 Å². The van der Waals surface area contributed by atoms with Crippen LogP contribution in [0, 0.1) is 0 Å². The third kappa shape index (κ3) is 4.22. The molecule has 0 aromatic rings. The van der Waals surface area contributed by atoms with Gasteiger partial charge in [-0.2, -0.15) is 0 Å². The van der Waals surface area contributed by atoms with E-state index in [9.17, 15) is 0 Å². The fraction of sp³-hybridized carbons (Fsp3) is 0.833. The second-order valence-corrected chi connectivity index (χ2v) is 4.03. The summed E-state index contributed by atoms with van der Waals surface area (Å²) in [7, 11) is 1.76. The van der Waals surface area contributed by atoms with Gasteiger partial charge in [0.05, 0.1) is 18.8 Å². The van der Waals surface area contributed by atoms with Crippen molar-refractivity contribution >= 4 is 0 Å². The summed E-state index contributed by atoms with van der Waals surface area (Å²) in [6, 6.07) is 0.322. The number of rotatable bonds is 7. The summed E-state index contributed by atoms with van der Waals surface area (Å²) in [5.41, 5.74) is 0. The molecule has 0 fully saturated rings. The van der Waals surface area contributed by atoms with Crippen molar-refractivity contribution in [3.63, 3.8) is 0 Å². The van der Waals surface area contributed by atoms with Gasteiger partial charge in [-0.3, -0.25) is 0 Å². The smallest absolute Gasteiger partial charge is 0.109 e. The van der Waals surface area contributed by atoms with Gasteiger partial charge in [0.25, 0.3) is 0 Å². The average molecular weight is 213 g/mol. The van der Waals surface area contributed by atoms with Gasteiger partial charge in [-0.05, 0) is 32.4 Å². The van der Waals surface area contributed by atoms with Crippen molar-refractivity contribution in [3.05, 3.63) is 11.8 Å². The number of ether oxygens (including phenoxy) is 2. The zero-order valence-electron chi connectivity index (χ0n) is 10.1. The second-order valence-electron chi connectivity index (χ2n) is 4.03. The van der Waals surface area contributed by atoms with Crippen LogP contribution in [0.25, 0.3) is 0 Å². The molecular formula is C12H23NO2. The van der Waals surface area contributed by atoms with E-state index >= 15 is 0 Å². The Bertz CT molecular complexity index is 204. The van der Waals surface area contributed by atoms with E-state index in [-0.39, 0.29) is 6.10 Å². The highest BCUT2D eigenvalue weighted by molar-refractivity contribution is 5.07. The molecule has 0 aliphatic carbocycles. The van der Waals surface area contributed by atoms with Gasteiger partial charge in [-0.25, -0.2) is 0 Å². The summed E-state index contributed by atoms with van der Waals surface area (Å²) < 4.78 is 10.9. The van der Waals surface area contributed by atoms with Crippen LogP contribution in [0.3, 0.4) is 0 Å². The van der Waals surface area contributed by atoms with Gasteiger partial charge < -0.3 is 14.8 Å². The molecule has 0 saturated heterocycles. The molecule has 88 valence electrons. The van der Waals surface area contributed by atoms with Crippen LogP contribution in [-0.2, 0) is 9.47 Å². The van der Waals surface area contributed by atoms with E-state index in [4.69, 9.17) is 9.47 Å². The van der Waals surface area contributed by atoms with Crippen LogP contribution in [0.1, 0.15) is 33.1 Å². The van der Waals surface area contributed by atoms with E-state index in [1.54, 1.807) is 7.11 Å². The van der Waals surface area contributed by atoms with Gasteiger partial charge in [0, 0.05) is 13.5 Å². The quantitative estimate of drug-likeness (QED) is 0.702. The van der Waals surface area contributed by atoms with E-state index < -0.39 is 0 Å². The maximum absolute atomic E-state index is 5.60. The Morgan fingerprint density at radius 2 is 2.40 bits per heavy atom. The SMILES string of the molecule is CCCNC(CC(C)OC)C1=CCCO1. The summed E-state index contributed by atoms with van der Waals surface area (Å²) in [6.45, 7) is 6.13. The number of nitrogens with one attached hydrogen (secondary N) is 1. The fourth-order valence-corrected chi connectivity index (χ4v) is 1.73. The molecule has 0 saturated carbocycles. The summed E-state index contributed by atoms with van der Waals surface area (Å²) in [5, 5.41) is 3.50. The largest absolute Gasteiger partial charge is 0.496 e. The molecule has 1 heterocycles. The molecule has 1 N–H and O–H groups in total. The Balaban J connectivity index is 2.44. The fourth-order valence-electron chi connectivity index (χ4n) is 1.73. The molecular weight excluding hydrogens is 190 g/mol. The minimum Gasteiger partial charge on any atom is -0.496 e. The highest BCUT2D eigenvalue weighted by atomic mass is 16.5. The molecule has 2 unspecified atom stereocenters. The number of hydrogen-bond donors (Lipinski definition) is 1. The van der Waals surface area contributed by atoms with E-state index in [0.29, 0.717) is 6.04 Å². The Kier molecular flexibility index (Phi) is 5.73. The molecule has 0 spiro atoms. The van der Waals surface area contributed by atoms with Gasteiger partial charge in [0.15, 0.2) is 0 Å². The molecule has 3 heteroatoms. The van der Waals surface area contributed by atoms with Crippen molar-refractivity contribution < 1.29 is 9.47 Å². The lowest BCUT2D eigenvalue weighted by Gasteiger charge is -2.22. The maximum Gasteiger partial charge on any atom is 0.109 e. The van der Waals surface area contributed by atoms with Crippen molar-refractivity contribution in [2.24, 2.45) is 0 Å². The van der Waals surface area contributed by atoms with Crippen molar-refractivity contribution in [3.8, 4) is 0 Å². The molecule has 3 nitrogen and oxygen atoms in total. The number of methoxy groups -OCH3 is 1. The van der Waals surface area contributed by atoms with Crippen LogP contribution in [0.4, 0.5) is 0 Å². The average Bonchev–Trinajstić information content (AvgIpc) is 2.77. The molecule has 0 aromatic heterocycles. The van der Waals surface area contributed by atoms with Gasteiger partial charge in [0.2, 0.25) is 0 Å². The zero-order valence-corrected chi connectivity index (χ0v) is 10.1. The van der Waals surface area contributed by atoms with Gasteiger partial charge >= 0.3 is 0 Å². The minimum absolute atomic E-state index is 0.268. The van der Waals surface area contributed by atoms with Crippen LogP contribution in [0.5, 0.6) is 0 Å². The first kappa shape index (κ1) is 12.5. The van der Waals surface area contributed by atoms with Crippen LogP contribution in [-0.4, -0.2) is 32.4 Å². The summed E-state index contributed by atoms with van der Waals surface area (Å²) in [6.07, 6.45) is 5.62. The van der Waals surface area contributed by atoms with Crippen LogP contribution >= 0.6 is 0 Å². The Morgan fingerprint density at radius 1 is 1.60 bits per heavy atom. The number of hydrogen-bond acceptors (Lipinski definition) is 3. The minimum atomic E-state index is 0.268. The van der Waals surface area contributed by atoms with Crippen LogP contribution in [0.15, 0.2) is 11.8 Å². The van der Waals surface area contributed by atoms with Gasteiger partial charge in [-0.15, -0.1) is 0 Å². The molecule has 1 aliphatic heterocycles. The third-order valence-corrected chi connectivity index (χ3v) is 2.69. The van der Waals surface area contributed by atoms with E-state index in [0.717, 1.165) is 38.2 Å². The first-order valence-electron chi connectivity index (χ1n) is 5.87. The summed E-state index contributed by atoms with van der Waals surface area (Å²) in [4.78, 5) is 0. The Labute approximate surface area is 92.8 Å².